The number of aromatic nitrogens is 2. The van der Waals surface area contributed by atoms with Crippen LogP contribution in [0.2, 0.25) is 0 Å². The van der Waals surface area contributed by atoms with Crippen LogP contribution < -0.4 is 5.32 Å². The van der Waals surface area contributed by atoms with E-state index in [-0.39, 0.29) is 5.56 Å². The zero-order chi connectivity index (χ0) is 15.4. The topological polar surface area (TPSA) is 46.9 Å². The van der Waals surface area contributed by atoms with Gasteiger partial charge >= 0.3 is 0 Å². The number of halogens is 2. The van der Waals surface area contributed by atoms with Gasteiger partial charge in [0.2, 0.25) is 0 Å². The third-order valence-corrected chi connectivity index (χ3v) is 3.60. The summed E-state index contributed by atoms with van der Waals surface area (Å²) in [6.07, 6.45) is 0.742. The Balaban J connectivity index is 1.83. The summed E-state index contributed by atoms with van der Waals surface area (Å²) in [7, 11) is 0. The van der Waals surface area contributed by atoms with Gasteiger partial charge in [0.15, 0.2) is 0 Å². The molecule has 0 radical (unpaired) electrons. The van der Waals surface area contributed by atoms with E-state index in [2.05, 4.69) is 26.3 Å². The Morgan fingerprint density at radius 1 is 1.38 bits per heavy atom. The SMILES string of the molecule is Cc1cc(C)n(CCCNC(=O)c2ccc(Br)cc2F)n1. The molecule has 2 aromatic rings. The Labute approximate surface area is 131 Å². The lowest BCUT2D eigenvalue weighted by Crippen LogP contribution is -2.26. The highest BCUT2D eigenvalue weighted by Gasteiger charge is 2.11. The van der Waals surface area contributed by atoms with Gasteiger partial charge in [-0.3, -0.25) is 9.48 Å². The first kappa shape index (κ1) is 15.7. The number of nitrogens with one attached hydrogen (secondary N) is 1. The second-order valence-electron chi connectivity index (χ2n) is 4.88. The second kappa shape index (κ2) is 6.85. The molecule has 1 aromatic heterocycles. The minimum Gasteiger partial charge on any atom is -0.352 e. The summed E-state index contributed by atoms with van der Waals surface area (Å²) < 4.78 is 16.1. The maximum absolute atomic E-state index is 13.6. The third kappa shape index (κ3) is 4.14. The molecule has 0 fully saturated rings. The summed E-state index contributed by atoms with van der Waals surface area (Å²) >= 11 is 3.16. The molecule has 0 aliphatic carbocycles. The maximum Gasteiger partial charge on any atom is 0.254 e. The smallest absolute Gasteiger partial charge is 0.254 e. The van der Waals surface area contributed by atoms with Gasteiger partial charge in [0.25, 0.3) is 5.91 Å². The fraction of sp³-hybridized carbons (Fsp3) is 0.333. The van der Waals surface area contributed by atoms with Crippen molar-refractivity contribution in [2.75, 3.05) is 6.54 Å². The molecule has 0 aliphatic rings. The fourth-order valence-electron chi connectivity index (χ4n) is 2.10. The van der Waals surface area contributed by atoms with Crippen LogP contribution in [0, 0.1) is 19.7 Å². The van der Waals surface area contributed by atoms with Crippen LogP contribution in [0.4, 0.5) is 4.39 Å². The molecule has 6 heteroatoms. The molecule has 0 aliphatic heterocycles. The van der Waals surface area contributed by atoms with E-state index in [9.17, 15) is 9.18 Å². The van der Waals surface area contributed by atoms with Crippen molar-refractivity contribution in [1.82, 2.24) is 15.1 Å². The molecule has 0 spiro atoms. The number of benzene rings is 1. The molecule has 0 saturated heterocycles. The summed E-state index contributed by atoms with van der Waals surface area (Å²) in [5.74, 6) is -0.922. The second-order valence-corrected chi connectivity index (χ2v) is 5.80. The molecule has 0 saturated carbocycles. The van der Waals surface area contributed by atoms with E-state index in [0.29, 0.717) is 11.0 Å². The van der Waals surface area contributed by atoms with Gasteiger partial charge in [-0.15, -0.1) is 0 Å². The Bertz CT molecular complexity index is 654. The third-order valence-electron chi connectivity index (χ3n) is 3.11. The standard InChI is InChI=1S/C15H17BrFN3O/c1-10-8-11(2)20(19-10)7-3-6-18-15(21)13-5-4-12(16)9-14(13)17/h4-5,8-9H,3,6-7H2,1-2H3,(H,18,21). The van der Waals surface area contributed by atoms with E-state index < -0.39 is 11.7 Å². The Hall–Kier alpha value is -1.69. The highest BCUT2D eigenvalue weighted by molar-refractivity contribution is 9.10. The fourth-order valence-corrected chi connectivity index (χ4v) is 2.43. The van der Waals surface area contributed by atoms with Gasteiger partial charge in [-0.25, -0.2) is 4.39 Å². The number of carbonyl (C=O) groups excluding carboxylic acids is 1. The minimum atomic E-state index is -0.527. The highest BCUT2D eigenvalue weighted by atomic mass is 79.9. The van der Waals surface area contributed by atoms with Gasteiger partial charge in [0, 0.05) is 23.3 Å². The van der Waals surface area contributed by atoms with Crippen LogP contribution in [-0.2, 0) is 6.54 Å². The van der Waals surface area contributed by atoms with E-state index in [0.717, 1.165) is 24.4 Å². The summed E-state index contributed by atoms with van der Waals surface area (Å²) in [6.45, 7) is 5.15. The van der Waals surface area contributed by atoms with Crippen molar-refractivity contribution in [1.29, 1.82) is 0 Å². The average molecular weight is 354 g/mol. The molecule has 4 nitrogen and oxygen atoms in total. The molecule has 1 amide bonds. The van der Waals surface area contributed by atoms with Gasteiger partial charge in [-0.05, 0) is 44.5 Å². The highest BCUT2D eigenvalue weighted by Crippen LogP contribution is 2.15. The van der Waals surface area contributed by atoms with Crippen LogP contribution in [0.25, 0.3) is 0 Å². The van der Waals surface area contributed by atoms with E-state index in [1.54, 1.807) is 6.07 Å². The van der Waals surface area contributed by atoms with Crippen LogP contribution in [0.15, 0.2) is 28.7 Å². The van der Waals surface area contributed by atoms with Crippen molar-refractivity contribution in [3.63, 3.8) is 0 Å². The van der Waals surface area contributed by atoms with Crippen LogP contribution >= 0.6 is 15.9 Å². The molecule has 0 bridgehead atoms. The molecule has 1 aromatic carbocycles. The molecular formula is C15H17BrFN3O. The zero-order valence-corrected chi connectivity index (χ0v) is 13.6. The number of amides is 1. The molecule has 21 heavy (non-hydrogen) atoms. The molecule has 112 valence electrons. The van der Waals surface area contributed by atoms with Gasteiger partial charge in [-0.1, -0.05) is 15.9 Å². The molecular weight excluding hydrogens is 337 g/mol. The quantitative estimate of drug-likeness (QED) is 0.838. The Kier molecular flexibility index (Phi) is 5.12. The Morgan fingerprint density at radius 2 is 2.14 bits per heavy atom. The van der Waals surface area contributed by atoms with Crippen molar-refractivity contribution in [2.45, 2.75) is 26.8 Å². The molecule has 1 N–H and O–H groups in total. The molecule has 0 unspecified atom stereocenters. The molecule has 0 atom stereocenters. The van der Waals surface area contributed by atoms with Crippen molar-refractivity contribution < 1.29 is 9.18 Å². The summed E-state index contributed by atoms with van der Waals surface area (Å²) in [5.41, 5.74) is 2.13. The van der Waals surface area contributed by atoms with Crippen molar-refractivity contribution in [2.24, 2.45) is 0 Å². The predicted molar refractivity (Wildman–Crippen MR) is 82.8 cm³/mol. The molecule has 1 heterocycles. The van der Waals surface area contributed by atoms with Crippen molar-refractivity contribution >= 4 is 21.8 Å². The van der Waals surface area contributed by atoms with E-state index in [4.69, 9.17) is 0 Å². The predicted octanol–water partition coefficient (Wildman–Crippen LogP) is 3.22. The normalized spacial score (nSPS) is 10.7. The lowest BCUT2D eigenvalue weighted by atomic mass is 10.2. The van der Waals surface area contributed by atoms with E-state index >= 15 is 0 Å². The summed E-state index contributed by atoms with van der Waals surface area (Å²) in [4.78, 5) is 11.9. The van der Waals surface area contributed by atoms with Crippen LogP contribution in [0.3, 0.4) is 0 Å². The van der Waals surface area contributed by atoms with Gasteiger partial charge in [0.05, 0.1) is 11.3 Å². The number of hydrogen-bond donors (Lipinski definition) is 1. The number of carbonyl (C=O) groups is 1. The van der Waals surface area contributed by atoms with E-state index in [1.165, 1.54) is 12.1 Å². The van der Waals surface area contributed by atoms with Crippen LogP contribution in [-0.4, -0.2) is 22.2 Å². The zero-order valence-electron chi connectivity index (χ0n) is 12.0. The first-order valence-corrected chi connectivity index (χ1v) is 7.51. The minimum absolute atomic E-state index is 0.0596. The molecule has 2 rings (SSSR count). The van der Waals surface area contributed by atoms with Gasteiger partial charge in [-0.2, -0.15) is 5.10 Å². The number of rotatable bonds is 5. The lowest BCUT2D eigenvalue weighted by Gasteiger charge is -2.07. The number of aryl methyl sites for hydroxylation is 3. The Morgan fingerprint density at radius 3 is 2.76 bits per heavy atom. The van der Waals surface area contributed by atoms with Crippen LogP contribution in [0.1, 0.15) is 28.2 Å². The maximum atomic E-state index is 13.6. The number of nitrogens with zero attached hydrogens (tertiary/aromatic N) is 2. The van der Waals surface area contributed by atoms with Crippen molar-refractivity contribution in [3.05, 3.63) is 51.5 Å². The first-order valence-electron chi connectivity index (χ1n) is 6.71. The van der Waals surface area contributed by atoms with Gasteiger partial charge in [0.1, 0.15) is 5.82 Å². The first-order chi connectivity index (χ1) is 9.97. The van der Waals surface area contributed by atoms with Crippen LogP contribution in [0.5, 0.6) is 0 Å². The van der Waals surface area contributed by atoms with E-state index in [1.807, 2.05) is 24.6 Å². The lowest BCUT2D eigenvalue weighted by molar-refractivity contribution is 0.0948. The largest absolute Gasteiger partial charge is 0.352 e. The summed E-state index contributed by atoms with van der Waals surface area (Å²) in [5, 5.41) is 7.07. The summed E-state index contributed by atoms with van der Waals surface area (Å²) in [6, 6.07) is 6.41. The van der Waals surface area contributed by atoms with Gasteiger partial charge < -0.3 is 5.32 Å². The number of hydrogen-bond acceptors (Lipinski definition) is 2. The average Bonchev–Trinajstić information content (AvgIpc) is 2.73. The monoisotopic (exact) mass is 353 g/mol. The van der Waals surface area contributed by atoms with Crippen molar-refractivity contribution in [3.8, 4) is 0 Å².